The number of amides is 1. The van der Waals surface area contributed by atoms with E-state index in [2.05, 4.69) is 21.2 Å². The highest BCUT2D eigenvalue weighted by molar-refractivity contribution is 9.09. The topological polar surface area (TPSA) is 49.3 Å². The number of carbonyl (C=O) groups excluding carboxylic acids is 1. The molecule has 0 unspecified atom stereocenters. The molecule has 0 radical (unpaired) electrons. The van der Waals surface area contributed by atoms with Gasteiger partial charge in [0.25, 0.3) is 5.91 Å². The van der Waals surface area contributed by atoms with E-state index >= 15 is 0 Å². The van der Waals surface area contributed by atoms with Crippen molar-refractivity contribution in [1.82, 2.24) is 5.32 Å². The molecule has 0 heterocycles. The molecule has 0 aliphatic carbocycles. The van der Waals surface area contributed by atoms with Gasteiger partial charge in [0, 0.05) is 17.4 Å². The van der Waals surface area contributed by atoms with Crippen molar-refractivity contribution < 1.29 is 9.90 Å². The zero-order valence-electron chi connectivity index (χ0n) is 8.27. The Morgan fingerprint density at radius 1 is 1.44 bits per heavy atom. The molecule has 0 saturated carbocycles. The first kappa shape index (κ1) is 13.6. The molecule has 0 aliphatic rings. The Morgan fingerprint density at radius 2 is 2.12 bits per heavy atom. The summed E-state index contributed by atoms with van der Waals surface area (Å²) >= 11 is 14.7. The zero-order valence-corrected chi connectivity index (χ0v) is 11.4. The minimum atomic E-state index is -0.283. The molecule has 1 rings (SSSR count). The van der Waals surface area contributed by atoms with Crippen molar-refractivity contribution in [2.45, 2.75) is 6.42 Å². The predicted octanol–water partition coefficient (Wildman–Crippen LogP) is 3.21. The van der Waals surface area contributed by atoms with Crippen LogP contribution in [0.2, 0.25) is 10.0 Å². The largest absolute Gasteiger partial charge is 0.506 e. The maximum atomic E-state index is 11.6. The van der Waals surface area contributed by atoms with Gasteiger partial charge in [-0.15, -0.1) is 0 Å². The fraction of sp³-hybridized carbons (Fsp3) is 0.300. The van der Waals surface area contributed by atoms with Gasteiger partial charge in [-0.05, 0) is 18.6 Å². The van der Waals surface area contributed by atoms with Gasteiger partial charge < -0.3 is 10.4 Å². The maximum Gasteiger partial charge on any atom is 0.251 e. The molecule has 1 amide bonds. The molecule has 0 bridgehead atoms. The Balaban J connectivity index is 2.76. The van der Waals surface area contributed by atoms with Crippen LogP contribution in [0.3, 0.4) is 0 Å². The Morgan fingerprint density at radius 3 is 2.69 bits per heavy atom. The Labute approximate surface area is 112 Å². The quantitative estimate of drug-likeness (QED) is 0.659. The van der Waals surface area contributed by atoms with Gasteiger partial charge in [0.05, 0.1) is 5.02 Å². The highest BCUT2D eigenvalue weighted by atomic mass is 79.9. The second kappa shape index (κ2) is 6.33. The zero-order chi connectivity index (χ0) is 12.1. The third-order valence-electron chi connectivity index (χ3n) is 1.87. The van der Waals surface area contributed by atoms with E-state index in [0.717, 1.165) is 11.8 Å². The van der Waals surface area contributed by atoms with Crippen molar-refractivity contribution in [3.05, 3.63) is 27.7 Å². The van der Waals surface area contributed by atoms with Crippen LogP contribution in [-0.2, 0) is 0 Å². The van der Waals surface area contributed by atoms with E-state index in [1.807, 2.05) is 0 Å². The number of halogens is 3. The van der Waals surface area contributed by atoms with Gasteiger partial charge in [0.1, 0.15) is 10.8 Å². The molecule has 6 heteroatoms. The normalized spacial score (nSPS) is 10.2. The Bertz CT molecular complexity index is 375. The van der Waals surface area contributed by atoms with E-state index in [1.54, 1.807) is 0 Å². The average Bonchev–Trinajstić information content (AvgIpc) is 2.25. The van der Waals surface area contributed by atoms with Crippen LogP contribution in [0.5, 0.6) is 5.75 Å². The number of carbonyl (C=O) groups is 1. The molecule has 0 spiro atoms. The summed E-state index contributed by atoms with van der Waals surface area (Å²) in [7, 11) is 0. The first-order valence-corrected chi connectivity index (χ1v) is 6.46. The van der Waals surface area contributed by atoms with E-state index in [4.69, 9.17) is 23.2 Å². The number of phenols is 1. The van der Waals surface area contributed by atoms with Crippen molar-refractivity contribution in [3.8, 4) is 5.75 Å². The number of aromatic hydroxyl groups is 1. The van der Waals surface area contributed by atoms with Crippen molar-refractivity contribution in [3.63, 3.8) is 0 Å². The monoisotopic (exact) mass is 325 g/mol. The molecule has 0 atom stereocenters. The SMILES string of the molecule is O=C(NCCCBr)c1cc(O)c(Cl)c(Cl)c1. The number of nitrogens with one attached hydrogen (secondary N) is 1. The van der Waals surface area contributed by atoms with Crippen LogP contribution >= 0.6 is 39.1 Å². The van der Waals surface area contributed by atoms with E-state index < -0.39 is 0 Å². The van der Waals surface area contributed by atoms with Gasteiger partial charge in [-0.1, -0.05) is 39.1 Å². The van der Waals surface area contributed by atoms with Gasteiger partial charge in [-0.2, -0.15) is 0 Å². The highest BCUT2D eigenvalue weighted by Gasteiger charge is 2.11. The molecule has 16 heavy (non-hydrogen) atoms. The van der Waals surface area contributed by atoms with E-state index in [1.165, 1.54) is 12.1 Å². The summed E-state index contributed by atoms with van der Waals surface area (Å²) in [6, 6.07) is 2.71. The molecular formula is C10H10BrCl2NO2. The number of alkyl halides is 1. The molecule has 0 saturated heterocycles. The Kier molecular flexibility index (Phi) is 5.38. The lowest BCUT2D eigenvalue weighted by Crippen LogP contribution is -2.24. The summed E-state index contributed by atoms with van der Waals surface area (Å²) in [6.45, 7) is 0.561. The Hall–Kier alpha value is -0.450. The fourth-order valence-electron chi connectivity index (χ4n) is 1.08. The molecule has 2 N–H and O–H groups in total. The smallest absolute Gasteiger partial charge is 0.251 e. The summed E-state index contributed by atoms with van der Waals surface area (Å²) in [6.07, 6.45) is 0.832. The number of phenolic OH excluding ortho intramolecular Hbond substituents is 1. The first-order chi connectivity index (χ1) is 7.56. The fourth-order valence-corrected chi connectivity index (χ4v) is 1.68. The van der Waals surface area contributed by atoms with E-state index in [0.29, 0.717) is 12.1 Å². The van der Waals surface area contributed by atoms with Gasteiger partial charge in [-0.3, -0.25) is 4.79 Å². The molecule has 3 nitrogen and oxygen atoms in total. The van der Waals surface area contributed by atoms with Gasteiger partial charge in [-0.25, -0.2) is 0 Å². The predicted molar refractivity (Wildman–Crippen MR) is 68.9 cm³/mol. The van der Waals surface area contributed by atoms with Crippen LogP contribution in [0.1, 0.15) is 16.8 Å². The van der Waals surface area contributed by atoms with Crippen molar-refractivity contribution >= 4 is 45.0 Å². The van der Waals surface area contributed by atoms with Crippen LogP contribution in [0, 0.1) is 0 Å². The maximum absolute atomic E-state index is 11.6. The van der Waals surface area contributed by atoms with Crippen molar-refractivity contribution in [2.75, 3.05) is 11.9 Å². The van der Waals surface area contributed by atoms with Crippen LogP contribution in [0.4, 0.5) is 0 Å². The average molecular weight is 327 g/mol. The molecule has 0 aromatic heterocycles. The van der Waals surface area contributed by atoms with Crippen LogP contribution in [0.15, 0.2) is 12.1 Å². The summed E-state index contributed by atoms with van der Waals surface area (Å²) < 4.78 is 0. The second-order valence-corrected chi connectivity index (χ2v) is 4.67. The summed E-state index contributed by atoms with van der Waals surface area (Å²) in [5.41, 5.74) is 0.293. The van der Waals surface area contributed by atoms with E-state index in [-0.39, 0.29) is 21.7 Å². The molecule has 88 valence electrons. The summed E-state index contributed by atoms with van der Waals surface area (Å²) in [4.78, 5) is 11.6. The van der Waals surface area contributed by atoms with Crippen LogP contribution < -0.4 is 5.32 Å². The van der Waals surface area contributed by atoms with Gasteiger partial charge in [0.15, 0.2) is 0 Å². The molecule has 0 aliphatic heterocycles. The molecule has 1 aromatic rings. The number of hydrogen-bond acceptors (Lipinski definition) is 2. The standard InChI is InChI=1S/C10H10BrCl2NO2/c11-2-1-3-14-10(16)6-4-7(12)9(13)8(15)5-6/h4-5,15H,1-3H2,(H,14,16). The van der Waals surface area contributed by atoms with Crippen molar-refractivity contribution in [1.29, 1.82) is 0 Å². The minimum Gasteiger partial charge on any atom is -0.506 e. The van der Waals surface area contributed by atoms with Gasteiger partial charge >= 0.3 is 0 Å². The number of rotatable bonds is 4. The highest BCUT2D eigenvalue weighted by Crippen LogP contribution is 2.32. The van der Waals surface area contributed by atoms with Gasteiger partial charge in [0.2, 0.25) is 0 Å². The number of hydrogen-bond donors (Lipinski definition) is 2. The van der Waals surface area contributed by atoms with Crippen molar-refractivity contribution in [2.24, 2.45) is 0 Å². The van der Waals surface area contributed by atoms with Crippen LogP contribution in [-0.4, -0.2) is 22.9 Å². The van der Waals surface area contributed by atoms with E-state index in [9.17, 15) is 9.90 Å². The lowest BCUT2D eigenvalue weighted by atomic mass is 10.2. The summed E-state index contributed by atoms with van der Waals surface area (Å²) in [5.74, 6) is -0.477. The number of benzene rings is 1. The van der Waals surface area contributed by atoms with Crippen LogP contribution in [0.25, 0.3) is 0 Å². The summed E-state index contributed by atoms with van der Waals surface area (Å²) in [5, 5.41) is 13.1. The lowest BCUT2D eigenvalue weighted by molar-refractivity contribution is 0.0953. The first-order valence-electron chi connectivity index (χ1n) is 4.58. The second-order valence-electron chi connectivity index (χ2n) is 3.09. The molecular weight excluding hydrogens is 317 g/mol. The molecule has 0 fully saturated rings. The third kappa shape index (κ3) is 3.54. The minimum absolute atomic E-state index is 0.0543. The molecule has 1 aromatic carbocycles. The third-order valence-corrected chi connectivity index (χ3v) is 3.22. The lowest BCUT2D eigenvalue weighted by Gasteiger charge is -2.06.